The van der Waals surface area contributed by atoms with Crippen molar-refractivity contribution in [3.8, 4) is 0 Å². The summed E-state index contributed by atoms with van der Waals surface area (Å²) < 4.78 is 1.27. The van der Waals surface area contributed by atoms with Crippen molar-refractivity contribution >= 4 is 15.9 Å². The summed E-state index contributed by atoms with van der Waals surface area (Å²) in [7, 11) is 0. The number of nitrogens with one attached hydrogen (secondary N) is 1. The van der Waals surface area contributed by atoms with Crippen molar-refractivity contribution in [2.75, 3.05) is 0 Å². The van der Waals surface area contributed by atoms with E-state index in [0.717, 1.165) is 18.0 Å². The normalized spacial score (nSPS) is 32.9. The minimum absolute atomic E-state index is 0.783. The Hall–Kier alpha value is -0.340. The molecule has 0 aliphatic carbocycles. The highest BCUT2D eigenvalue weighted by atomic mass is 79.9. The minimum atomic E-state index is 0.783. The van der Waals surface area contributed by atoms with Crippen molar-refractivity contribution in [1.82, 2.24) is 5.32 Å². The summed E-state index contributed by atoms with van der Waals surface area (Å²) in [5, 5.41) is 3.76. The van der Waals surface area contributed by atoms with E-state index in [1.54, 1.807) is 0 Å². The van der Waals surface area contributed by atoms with Crippen LogP contribution < -0.4 is 5.32 Å². The van der Waals surface area contributed by atoms with E-state index in [-0.39, 0.29) is 0 Å². The molecule has 16 heavy (non-hydrogen) atoms. The Morgan fingerprint density at radius 2 is 1.94 bits per heavy atom. The van der Waals surface area contributed by atoms with Crippen LogP contribution in [0.2, 0.25) is 0 Å². The van der Waals surface area contributed by atoms with Gasteiger partial charge < -0.3 is 5.32 Å². The van der Waals surface area contributed by atoms with Crippen LogP contribution in [0.4, 0.5) is 0 Å². The van der Waals surface area contributed by atoms with E-state index in [1.807, 2.05) is 0 Å². The highest BCUT2D eigenvalue weighted by Gasteiger charge is 2.34. The van der Waals surface area contributed by atoms with Crippen molar-refractivity contribution < 1.29 is 0 Å². The van der Waals surface area contributed by atoms with Gasteiger partial charge in [-0.25, -0.2) is 0 Å². The largest absolute Gasteiger partial charge is 0.311 e. The van der Waals surface area contributed by atoms with E-state index in [1.165, 1.54) is 42.1 Å². The second kappa shape index (κ2) is 4.50. The van der Waals surface area contributed by atoms with E-state index in [4.69, 9.17) is 0 Å². The Morgan fingerprint density at radius 1 is 1.12 bits per heavy atom. The Kier molecular flexibility index (Phi) is 3.03. The third kappa shape index (κ3) is 2.05. The van der Waals surface area contributed by atoms with E-state index in [0.29, 0.717) is 0 Å². The van der Waals surface area contributed by atoms with Crippen molar-refractivity contribution in [3.63, 3.8) is 0 Å². The van der Waals surface area contributed by atoms with Gasteiger partial charge >= 0.3 is 0 Å². The molecule has 1 nitrogen and oxygen atoms in total. The lowest BCUT2D eigenvalue weighted by atomic mass is 9.86. The molecule has 3 atom stereocenters. The van der Waals surface area contributed by atoms with E-state index in [9.17, 15) is 0 Å². The van der Waals surface area contributed by atoms with Crippen LogP contribution in [-0.2, 0) is 6.42 Å². The maximum absolute atomic E-state index is 3.76. The maximum atomic E-state index is 3.76. The van der Waals surface area contributed by atoms with Gasteiger partial charge in [-0.15, -0.1) is 0 Å². The monoisotopic (exact) mass is 279 g/mol. The lowest BCUT2D eigenvalue weighted by molar-refractivity contribution is 0.288. The van der Waals surface area contributed by atoms with E-state index in [2.05, 4.69) is 45.5 Å². The van der Waals surface area contributed by atoms with Crippen LogP contribution >= 0.6 is 15.9 Å². The first-order valence-corrected chi connectivity index (χ1v) is 7.11. The fourth-order valence-corrected chi connectivity index (χ4v) is 3.70. The molecular formula is C14H18BrN. The zero-order chi connectivity index (χ0) is 11.0. The first-order valence-electron chi connectivity index (χ1n) is 6.32. The topological polar surface area (TPSA) is 12.0 Å². The van der Waals surface area contributed by atoms with Crippen LogP contribution in [0.5, 0.6) is 0 Å². The van der Waals surface area contributed by atoms with Gasteiger partial charge in [0.05, 0.1) is 0 Å². The summed E-state index contributed by atoms with van der Waals surface area (Å²) in [5.41, 5.74) is 1.47. The summed E-state index contributed by atoms with van der Waals surface area (Å²) in [5.74, 6) is 0.845. The summed E-state index contributed by atoms with van der Waals surface area (Å²) in [6.45, 7) is 0. The molecule has 3 unspecified atom stereocenters. The van der Waals surface area contributed by atoms with Gasteiger partial charge in [-0.1, -0.05) is 34.1 Å². The van der Waals surface area contributed by atoms with Crippen molar-refractivity contribution in [2.24, 2.45) is 5.92 Å². The molecule has 2 heterocycles. The molecule has 1 aromatic carbocycles. The van der Waals surface area contributed by atoms with Crippen LogP contribution in [0.25, 0.3) is 0 Å². The van der Waals surface area contributed by atoms with Crippen molar-refractivity contribution in [3.05, 3.63) is 34.3 Å². The lowest BCUT2D eigenvalue weighted by Crippen LogP contribution is -2.41. The highest BCUT2D eigenvalue weighted by molar-refractivity contribution is 9.10. The fraction of sp³-hybridized carbons (Fsp3) is 0.571. The van der Waals surface area contributed by atoms with Crippen LogP contribution in [0.3, 0.4) is 0 Å². The average molecular weight is 280 g/mol. The Morgan fingerprint density at radius 3 is 2.81 bits per heavy atom. The Bertz CT molecular complexity index is 377. The van der Waals surface area contributed by atoms with Gasteiger partial charge in [-0.3, -0.25) is 0 Å². The molecule has 2 saturated heterocycles. The quantitative estimate of drug-likeness (QED) is 0.874. The first-order chi connectivity index (χ1) is 7.83. The van der Waals surface area contributed by atoms with Gasteiger partial charge in [0, 0.05) is 16.6 Å². The summed E-state index contributed by atoms with van der Waals surface area (Å²) >= 11 is 3.65. The second-order valence-corrected chi connectivity index (χ2v) is 6.03. The third-order valence-corrected chi connectivity index (χ3v) is 4.94. The molecule has 2 fully saturated rings. The molecule has 0 spiro atoms. The number of hydrogen-bond acceptors (Lipinski definition) is 1. The van der Waals surface area contributed by atoms with Crippen molar-refractivity contribution in [1.29, 1.82) is 0 Å². The predicted octanol–water partition coefficient (Wildman–Crippen LogP) is 3.52. The molecule has 0 saturated carbocycles. The smallest absolute Gasteiger partial charge is 0.0207 e. The third-order valence-electron chi connectivity index (χ3n) is 4.17. The number of rotatable bonds is 2. The van der Waals surface area contributed by atoms with Gasteiger partial charge in [0.2, 0.25) is 0 Å². The van der Waals surface area contributed by atoms with Gasteiger partial charge in [-0.05, 0) is 49.7 Å². The average Bonchev–Trinajstić information content (AvgIpc) is 2.68. The van der Waals surface area contributed by atoms with Crippen LogP contribution in [0.1, 0.15) is 31.2 Å². The van der Waals surface area contributed by atoms with Crippen LogP contribution in [0, 0.1) is 5.92 Å². The summed E-state index contributed by atoms with van der Waals surface area (Å²) in [6.07, 6.45) is 6.80. The Balaban J connectivity index is 1.73. The number of halogens is 1. The zero-order valence-corrected chi connectivity index (χ0v) is 11.0. The number of fused-ring (bicyclic) bond motifs is 2. The van der Waals surface area contributed by atoms with Crippen LogP contribution in [0.15, 0.2) is 28.7 Å². The van der Waals surface area contributed by atoms with E-state index >= 15 is 0 Å². The van der Waals surface area contributed by atoms with Gasteiger partial charge in [0.25, 0.3) is 0 Å². The second-order valence-electron chi connectivity index (χ2n) is 5.18. The minimum Gasteiger partial charge on any atom is -0.311 e. The van der Waals surface area contributed by atoms with Gasteiger partial charge in [0.15, 0.2) is 0 Å². The van der Waals surface area contributed by atoms with Crippen molar-refractivity contribution in [2.45, 2.75) is 44.2 Å². The molecule has 0 radical (unpaired) electrons. The van der Waals surface area contributed by atoms with E-state index < -0.39 is 0 Å². The molecule has 2 bridgehead atoms. The first kappa shape index (κ1) is 10.8. The van der Waals surface area contributed by atoms with Crippen LogP contribution in [-0.4, -0.2) is 12.1 Å². The lowest BCUT2D eigenvalue weighted by Gasteiger charge is -2.30. The SMILES string of the molecule is Brc1ccccc1CC1CCC2CCC1N2. The molecule has 0 amide bonds. The molecule has 3 rings (SSSR count). The molecule has 2 aliphatic rings. The molecule has 0 aromatic heterocycles. The molecule has 1 N–H and O–H groups in total. The summed E-state index contributed by atoms with van der Waals surface area (Å²) in [6, 6.07) is 10.3. The fourth-order valence-electron chi connectivity index (χ4n) is 3.26. The van der Waals surface area contributed by atoms with Gasteiger partial charge in [0.1, 0.15) is 0 Å². The number of piperidine rings is 1. The number of benzene rings is 1. The molecule has 1 aromatic rings. The zero-order valence-electron chi connectivity index (χ0n) is 9.45. The Labute approximate surface area is 106 Å². The maximum Gasteiger partial charge on any atom is 0.0207 e. The number of hydrogen-bond donors (Lipinski definition) is 1. The van der Waals surface area contributed by atoms with Gasteiger partial charge in [-0.2, -0.15) is 0 Å². The summed E-state index contributed by atoms with van der Waals surface area (Å²) in [4.78, 5) is 0. The predicted molar refractivity (Wildman–Crippen MR) is 70.5 cm³/mol. The molecule has 86 valence electrons. The molecular weight excluding hydrogens is 262 g/mol. The molecule has 2 heteroatoms. The standard InChI is InChI=1S/C14H18BrN/c15-13-4-2-1-3-10(13)9-11-5-6-12-7-8-14(11)16-12/h1-4,11-12,14,16H,5-9H2. The highest BCUT2D eigenvalue weighted by Crippen LogP contribution is 2.34. The molecule has 2 aliphatic heterocycles.